The highest BCUT2D eigenvalue weighted by Crippen LogP contribution is 2.24. The number of hydrogen-bond acceptors (Lipinski definition) is 4. The van der Waals surface area contributed by atoms with Gasteiger partial charge in [-0.25, -0.2) is 8.42 Å². The van der Waals surface area contributed by atoms with Gasteiger partial charge in [0, 0.05) is 38.3 Å². The fourth-order valence-electron chi connectivity index (χ4n) is 3.68. The van der Waals surface area contributed by atoms with Gasteiger partial charge in [0.1, 0.15) is 5.75 Å². The third kappa shape index (κ3) is 3.76. The van der Waals surface area contributed by atoms with Gasteiger partial charge in [0.05, 0.1) is 12.0 Å². The Bertz CT molecular complexity index is 1070. The van der Waals surface area contributed by atoms with E-state index in [2.05, 4.69) is 11.0 Å². The Morgan fingerprint density at radius 2 is 1.54 bits per heavy atom. The molecule has 0 spiro atoms. The van der Waals surface area contributed by atoms with Crippen LogP contribution in [0.25, 0.3) is 10.8 Å². The molecule has 1 saturated heterocycles. The Hall–Kier alpha value is -2.41. The van der Waals surface area contributed by atoms with Gasteiger partial charge in [-0.15, -0.1) is 0 Å². The molecule has 0 unspecified atom stereocenters. The van der Waals surface area contributed by atoms with Crippen molar-refractivity contribution in [1.29, 1.82) is 0 Å². The topological polar surface area (TPSA) is 49.9 Å². The molecule has 1 aliphatic rings. The van der Waals surface area contributed by atoms with Gasteiger partial charge in [-0.05, 0) is 29.0 Å². The van der Waals surface area contributed by atoms with Crippen molar-refractivity contribution in [3.8, 4) is 5.75 Å². The van der Waals surface area contributed by atoms with Crippen LogP contribution in [0.2, 0.25) is 0 Å². The highest BCUT2D eigenvalue weighted by molar-refractivity contribution is 7.89. The van der Waals surface area contributed by atoms with Crippen LogP contribution in [0.5, 0.6) is 5.75 Å². The number of benzene rings is 3. The molecule has 146 valence electrons. The van der Waals surface area contributed by atoms with Crippen LogP contribution in [-0.4, -0.2) is 50.9 Å². The van der Waals surface area contributed by atoms with E-state index >= 15 is 0 Å². The van der Waals surface area contributed by atoms with Crippen LogP contribution in [0.1, 0.15) is 5.56 Å². The highest BCUT2D eigenvalue weighted by atomic mass is 32.2. The molecule has 1 fully saturated rings. The Kier molecular flexibility index (Phi) is 5.35. The van der Waals surface area contributed by atoms with E-state index in [4.69, 9.17) is 4.74 Å². The number of nitrogens with zero attached hydrogens (tertiary/aromatic N) is 2. The number of hydrogen-bond donors (Lipinski definition) is 0. The molecule has 3 aromatic rings. The van der Waals surface area contributed by atoms with Gasteiger partial charge in [0.2, 0.25) is 10.0 Å². The molecule has 1 heterocycles. The minimum Gasteiger partial charge on any atom is -0.496 e. The lowest BCUT2D eigenvalue weighted by Crippen LogP contribution is -2.48. The highest BCUT2D eigenvalue weighted by Gasteiger charge is 2.28. The van der Waals surface area contributed by atoms with E-state index in [0.29, 0.717) is 31.1 Å². The van der Waals surface area contributed by atoms with Crippen LogP contribution in [0.15, 0.2) is 71.6 Å². The molecule has 0 aliphatic carbocycles. The second kappa shape index (κ2) is 7.91. The van der Waals surface area contributed by atoms with Gasteiger partial charge >= 0.3 is 0 Å². The average molecular weight is 397 g/mol. The molecule has 0 aromatic heterocycles. The van der Waals surface area contributed by atoms with Crippen molar-refractivity contribution in [1.82, 2.24) is 9.21 Å². The monoisotopic (exact) mass is 396 g/mol. The van der Waals surface area contributed by atoms with Crippen LogP contribution in [0, 0.1) is 0 Å². The van der Waals surface area contributed by atoms with E-state index in [0.717, 1.165) is 28.6 Å². The summed E-state index contributed by atoms with van der Waals surface area (Å²) in [5.74, 6) is 0.869. The quantitative estimate of drug-likeness (QED) is 0.664. The van der Waals surface area contributed by atoms with Gasteiger partial charge in [-0.1, -0.05) is 48.5 Å². The smallest absolute Gasteiger partial charge is 0.243 e. The van der Waals surface area contributed by atoms with E-state index in [9.17, 15) is 8.42 Å². The Morgan fingerprint density at radius 1 is 0.857 bits per heavy atom. The molecule has 3 aromatic carbocycles. The molecular formula is C22H24N2O3S. The predicted octanol–water partition coefficient (Wildman–Crippen LogP) is 3.35. The maximum atomic E-state index is 13.1. The maximum Gasteiger partial charge on any atom is 0.243 e. The molecule has 0 radical (unpaired) electrons. The van der Waals surface area contributed by atoms with Crippen LogP contribution >= 0.6 is 0 Å². The van der Waals surface area contributed by atoms with Crippen molar-refractivity contribution in [2.24, 2.45) is 0 Å². The number of rotatable bonds is 5. The van der Waals surface area contributed by atoms with Crippen LogP contribution < -0.4 is 4.74 Å². The minimum atomic E-state index is -3.48. The molecule has 0 N–H and O–H groups in total. The Balaban J connectivity index is 1.46. The number of piperazine rings is 1. The summed E-state index contributed by atoms with van der Waals surface area (Å²) in [6.45, 7) is 3.14. The van der Waals surface area contributed by atoms with Crippen LogP contribution in [0.3, 0.4) is 0 Å². The molecule has 0 amide bonds. The molecule has 1 aliphatic heterocycles. The second-order valence-electron chi connectivity index (χ2n) is 7.00. The zero-order valence-corrected chi connectivity index (χ0v) is 16.7. The van der Waals surface area contributed by atoms with Crippen molar-refractivity contribution in [3.63, 3.8) is 0 Å². The molecule has 5 nitrogen and oxygen atoms in total. The number of sulfonamides is 1. The van der Waals surface area contributed by atoms with E-state index < -0.39 is 10.0 Å². The summed E-state index contributed by atoms with van der Waals surface area (Å²) < 4.78 is 33.2. The largest absolute Gasteiger partial charge is 0.496 e. The number of ether oxygens (including phenoxy) is 1. The number of para-hydroxylation sites is 1. The van der Waals surface area contributed by atoms with Crippen LogP contribution in [-0.2, 0) is 16.6 Å². The standard InChI is InChI=1S/C22H24N2O3S/c1-27-22-9-5-4-8-20(22)17-23-12-14-24(15-13-23)28(25,26)21-11-10-18-6-2-3-7-19(18)16-21/h2-11,16H,12-15,17H2,1H3. The third-order valence-corrected chi connectivity index (χ3v) is 7.17. The first-order chi connectivity index (χ1) is 13.6. The molecule has 28 heavy (non-hydrogen) atoms. The van der Waals surface area contributed by atoms with E-state index in [1.165, 1.54) is 0 Å². The van der Waals surface area contributed by atoms with Gasteiger partial charge in [-0.2, -0.15) is 4.31 Å². The lowest BCUT2D eigenvalue weighted by Gasteiger charge is -2.34. The molecule has 0 bridgehead atoms. The van der Waals surface area contributed by atoms with Crippen molar-refractivity contribution in [2.45, 2.75) is 11.4 Å². The summed E-state index contributed by atoms with van der Waals surface area (Å²) in [6, 6.07) is 21.1. The molecular weight excluding hydrogens is 372 g/mol. The second-order valence-corrected chi connectivity index (χ2v) is 8.94. The van der Waals surface area contributed by atoms with Gasteiger partial charge < -0.3 is 4.74 Å². The number of fused-ring (bicyclic) bond motifs is 1. The molecule has 6 heteroatoms. The van der Waals surface area contributed by atoms with Gasteiger partial charge in [0.15, 0.2) is 0 Å². The Labute approximate surface area is 166 Å². The summed E-state index contributed by atoms with van der Waals surface area (Å²) in [6.07, 6.45) is 0. The minimum absolute atomic E-state index is 0.365. The lowest BCUT2D eigenvalue weighted by molar-refractivity contribution is 0.180. The fraction of sp³-hybridized carbons (Fsp3) is 0.273. The van der Waals surface area contributed by atoms with Crippen molar-refractivity contribution < 1.29 is 13.2 Å². The van der Waals surface area contributed by atoms with Crippen molar-refractivity contribution >= 4 is 20.8 Å². The zero-order chi connectivity index (χ0) is 19.6. The van der Waals surface area contributed by atoms with Gasteiger partial charge in [0.25, 0.3) is 0 Å². The third-order valence-electron chi connectivity index (χ3n) is 5.28. The number of methoxy groups -OCH3 is 1. The first-order valence-corrected chi connectivity index (χ1v) is 10.8. The summed E-state index contributed by atoms with van der Waals surface area (Å²) >= 11 is 0. The average Bonchev–Trinajstić information content (AvgIpc) is 2.74. The first kappa shape index (κ1) is 18.9. The molecule has 0 atom stereocenters. The van der Waals surface area contributed by atoms with E-state index in [1.54, 1.807) is 23.5 Å². The van der Waals surface area contributed by atoms with E-state index in [-0.39, 0.29) is 0 Å². The Morgan fingerprint density at radius 3 is 2.29 bits per heavy atom. The van der Waals surface area contributed by atoms with Gasteiger partial charge in [-0.3, -0.25) is 4.90 Å². The first-order valence-electron chi connectivity index (χ1n) is 9.41. The normalized spacial score (nSPS) is 16.3. The SMILES string of the molecule is COc1ccccc1CN1CCN(S(=O)(=O)c2ccc3ccccc3c2)CC1. The van der Waals surface area contributed by atoms with Crippen LogP contribution in [0.4, 0.5) is 0 Å². The molecule has 4 rings (SSSR count). The zero-order valence-electron chi connectivity index (χ0n) is 15.9. The summed E-state index contributed by atoms with van der Waals surface area (Å²) in [7, 11) is -1.81. The van der Waals surface area contributed by atoms with Crippen molar-refractivity contribution in [2.75, 3.05) is 33.3 Å². The maximum absolute atomic E-state index is 13.1. The van der Waals surface area contributed by atoms with Crippen molar-refractivity contribution in [3.05, 3.63) is 72.3 Å². The lowest BCUT2D eigenvalue weighted by atomic mass is 10.1. The molecule has 0 saturated carbocycles. The summed E-state index contributed by atoms with van der Waals surface area (Å²) in [5.41, 5.74) is 1.12. The van der Waals surface area contributed by atoms with E-state index in [1.807, 2.05) is 48.5 Å². The predicted molar refractivity (Wildman–Crippen MR) is 111 cm³/mol. The summed E-state index contributed by atoms with van der Waals surface area (Å²) in [4.78, 5) is 2.63. The fourth-order valence-corrected chi connectivity index (χ4v) is 5.14. The summed E-state index contributed by atoms with van der Waals surface area (Å²) in [5, 5.41) is 1.99.